The van der Waals surface area contributed by atoms with E-state index in [0.29, 0.717) is 24.4 Å². The van der Waals surface area contributed by atoms with Crippen molar-refractivity contribution in [1.82, 2.24) is 14.6 Å². The monoisotopic (exact) mass is 313 g/mol. The zero-order chi connectivity index (χ0) is 16.4. The van der Waals surface area contributed by atoms with Crippen LogP contribution in [0.3, 0.4) is 0 Å². The Bertz CT molecular complexity index is 784. The molecule has 3 rings (SSSR count). The number of ether oxygens (including phenoxy) is 1. The van der Waals surface area contributed by atoms with Gasteiger partial charge >= 0.3 is 5.97 Å². The fraction of sp³-hybridized carbons (Fsp3) is 0.500. The number of fused-ring (bicyclic) bond motifs is 1. The summed E-state index contributed by atoms with van der Waals surface area (Å²) in [7, 11) is 0. The van der Waals surface area contributed by atoms with Crippen LogP contribution in [-0.2, 0) is 16.0 Å². The van der Waals surface area contributed by atoms with Gasteiger partial charge in [-0.2, -0.15) is 14.9 Å². The summed E-state index contributed by atoms with van der Waals surface area (Å²) in [5.74, 6) is 0.684. The maximum absolute atomic E-state index is 11.0. The minimum Gasteiger partial charge on any atom is -0.466 e. The van der Waals surface area contributed by atoms with Crippen LogP contribution in [0.4, 0.5) is 5.82 Å². The van der Waals surface area contributed by atoms with Gasteiger partial charge in [-0.3, -0.25) is 4.79 Å². The summed E-state index contributed by atoms with van der Waals surface area (Å²) >= 11 is 0. The van der Waals surface area contributed by atoms with Crippen molar-refractivity contribution in [2.75, 3.05) is 24.6 Å². The summed E-state index contributed by atoms with van der Waals surface area (Å²) in [6, 6.07) is 3.77. The van der Waals surface area contributed by atoms with E-state index in [2.05, 4.69) is 21.1 Å². The second-order valence-electron chi connectivity index (χ2n) is 5.69. The SMILES string of the molecule is CC(=O)OCCc1c(C)nc2cc(C#N)nn2c1N1CCCC1. The quantitative estimate of drug-likeness (QED) is 0.798. The number of anilines is 1. The second-order valence-corrected chi connectivity index (χ2v) is 5.69. The highest BCUT2D eigenvalue weighted by Crippen LogP contribution is 2.28. The van der Waals surface area contributed by atoms with Gasteiger partial charge in [-0.25, -0.2) is 4.98 Å². The Morgan fingerprint density at radius 3 is 2.83 bits per heavy atom. The van der Waals surface area contributed by atoms with Gasteiger partial charge in [-0.15, -0.1) is 0 Å². The van der Waals surface area contributed by atoms with Gasteiger partial charge in [0, 0.05) is 43.8 Å². The average Bonchev–Trinajstić information content (AvgIpc) is 3.16. The number of hydrogen-bond donors (Lipinski definition) is 0. The summed E-state index contributed by atoms with van der Waals surface area (Å²) < 4.78 is 6.84. The number of esters is 1. The number of carbonyl (C=O) groups excluding carboxylic acids is 1. The molecule has 0 saturated carbocycles. The molecule has 0 amide bonds. The number of nitrogens with zero attached hydrogens (tertiary/aromatic N) is 5. The van der Waals surface area contributed by atoms with E-state index in [1.165, 1.54) is 6.92 Å². The minimum absolute atomic E-state index is 0.287. The van der Waals surface area contributed by atoms with E-state index in [0.717, 1.165) is 43.0 Å². The van der Waals surface area contributed by atoms with Gasteiger partial charge in [-0.1, -0.05) is 0 Å². The van der Waals surface area contributed by atoms with E-state index in [9.17, 15) is 4.79 Å². The third-order valence-electron chi connectivity index (χ3n) is 4.06. The fourth-order valence-corrected chi connectivity index (χ4v) is 3.03. The predicted molar refractivity (Wildman–Crippen MR) is 84.2 cm³/mol. The molecule has 0 atom stereocenters. The normalized spacial score (nSPS) is 14.2. The molecule has 0 spiro atoms. The standard InChI is InChI=1S/C16H19N5O2/c1-11-14(5-8-23-12(2)22)16(20-6-3-4-7-20)21-15(18-11)9-13(10-17)19-21/h9H,3-8H2,1-2H3. The van der Waals surface area contributed by atoms with Crippen LogP contribution in [0.1, 0.15) is 36.7 Å². The topological polar surface area (TPSA) is 83.5 Å². The van der Waals surface area contributed by atoms with Crippen LogP contribution in [0.5, 0.6) is 0 Å². The molecule has 3 heterocycles. The Kier molecular flexibility index (Phi) is 4.15. The van der Waals surface area contributed by atoms with Gasteiger partial charge in [-0.05, 0) is 19.8 Å². The molecule has 7 nitrogen and oxygen atoms in total. The molecule has 0 aromatic carbocycles. The van der Waals surface area contributed by atoms with E-state index in [4.69, 9.17) is 10.00 Å². The minimum atomic E-state index is -0.287. The molecule has 1 fully saturated rings. The summed E-state index contributed by atoms with van der Waals surface area (Å²) in [5.41, 5.74) is 2.94. The van der Waals surface area contributed by atoms with Crippen LogP contribution in [0, 0.1) is 18.3 Å². The number of rotatable bonds is 4. The van der Waals surface area contributed by atoms with Gasteiger partial charge < -0.3 is 9.64 Å². The van der Waals surface area contributed by atoms with E-state index < -0.39 is 0 Å². The molecule has 1 aliphatic rings. The smallest absolute Gasteiger partial charge is 0.302 e. The summed E-state index contributed by atoms with van der Waals surface area (Å²) in [6.45, 7) is 5.59. The zero-order valence-electron chi connectivity index (χ0n) is 13.4. The van der Waals surface area contributed by atoms with Gasteiger partial charge in [0.2, 0.25) is 0 Å². The first kappa shape index (κ1) is 15.3. The van der Waals surface area contributed by atoms with Gasteiger partial charge in [0.05, 0.1) is 6.61 Å². The average molecular weight is 313 g/mol. The molecule has 0 radical (unpaired) electrons. The lowest BCUT2D eigenvalue weighted by atomic mass is 10.1. The second kappa shape index (κ2) is 6.24. The molecule has 0 bridgehead atoms. The highest BCUT2D eigenvalue weighted by Gasteiger charge is 2.23. The molecule has 120 valence electrons. The maximum Gasteiger partial charge on any atom is 0.302 e. The van der Waals surface area contributed by atoms with Crippen LogP contribution < -0.4 is 4.90 Å². The summed E-state index contributed by atoms with van der Waals surface area (Å²) in [4.78, 5) is 17.8. The van der Waals surface area contributed by atoms with Crippen LogP contribution in [-0.4, -0.2) is 40.3 Å². The molecule has 0 unspecified atom stereocenters. The maximum atomic E-state index is 11.0. The number of nitriles is 1. The molecular weight excluding hydrogens is 294 g/mol. The predicted octanol–water partition coefficient (Wildman–Crippen LogP) is 1.62. The van der Waals surface area contributed by atoms with Gasteiger partial charge in [0.25, 0.3) is 0 Å². The van der Waals surface area contributed by atoms with E-state index >= 15 is 0 Å². The Hall–Kier alpha value is -2.62. The van der Waals surface area contributed by atoms with Crippen molar-refractivity contribution in [2.24, 2.45) is 0 Å². The van der Waals surface area contributed by atoms with Crippen molar-refractivity contribution in [3.8, 4) is 6.07 Å². The van der Waals surface area contributed by atoms with Crippen LogP contribution in [0.15, 0.2) is 6.07 Å². The van der Waals surface area contributed by atoms with E-state index in [1.54, 1.807) is 10.6 Å². The highest BCUT2D eigenvalue weighted by molar-refractivity contribution is 5.66. The van der Waals surface area contributed by atoms with Crippen molar-refractivity contribution in [3.63, 3.8) is 0 Å². The van der Waals surface area contributed by atoms with Gasteiger partial charge in [0.15, 0.2) is 11.3 Å². The largest absolute Gasteiger partial charge is 0.466 e. The van der Waals surface area contributed by atoms with E-state index in [-0.39, 0.29) is 5.97 Å². The van der Waals surface area contributed by atoms with Crippen molar-refractivity contribution >= 4 is 17.4 Å². The fourth-order valence-electron chi connectivity index (χ4n) is 3.03. The Balaban J connectivity index is 2.08. The summed E-state index contributed by atoms with van der Waals surface area (Å²) in [5, 5.41) is 13.5. The lowest BCUT2D eigenvalue weighted by Crippen LogP contribution is -2.24. The molecule has 0 aliphatic carbocycles. The molecule has 7 heteroatoms. The van der Waals surface area contributed by atoms with Crippen molar-refractivity contribution < 1.29 is 9.53 Å². The van der Waals surface area contributed by atoms with Crippen molar-refractivity contribution in [1.29, 1.82) is 5.26 Å². The Morgan fingerprint density at radius 1 is 1.43 bits per heavy atom. The molecule has 0 N–H and O–H groups in total. The number of aryl methyl sites for hydroxylation is 1. The Morgan fingerprint density at radius 2 is 2.17 bits per heavy atom. The Labute approximate surface area is 134 Å². The molecule has 1 aliphatic heterocycles. The van der Waals surface area contributed by atoms with Crippen molar-refractivity contribution in [2.45, 2.75) is 33.1 Å². The first-order chi connectivity index (χ1) is 11.1. The third kappa shape index (κ3) is 2.97. The number of hydrogen-bond acceptors (Lipinski definition) is 6. The van der Waals surface area contributed by atoms with Gasteiger partial charge in [0.1, 0.15) is 11.9 Å². The third-order valence-corrected chi connectivity index (χ3v) is 4.06. The molecular formula is C16H19N5O2. The first-order valence-corrected chi connectivity index (χ1v) is 7.78. The number of carbonyl (C=O) groups is 1. The van der Waals surface area contributed by atoms with E-state index in [1.807, 2.05) is 6.92 Å². The zero-order valence-corrected chi connectivity index (χ0v) is 13.4. The van der Waals surface area contributed by atoms with Crippen LogP contribution >= 0.6 is 0 Å². The van der Waals surface area contributed by atoms with Crippen LogP contribution in [0.2, 0.25) is 0 Å². The molecule has 1 saturated heterocycles. The molecule has 23 heavy (non-hydrogen) atoms. The highest BCUT2D eigenvalue weighted by atomic mass is 16.5. The lowest BCUT2D eigenvalue weighted by Gasteiger charge is -2.23. The number of aromatic nitrogens is 3. The van der Waals surface area contributed by atoms with Crippen molar-refractivity contribution in [3.05, 3.63) is 23.0 Å². The molecule has 2 aromatic rings. The lowest BCUT2D eigenvalue weighted by molar-refractivity contribution is -0.140. The summed E-state index contributed by atoms with van der Waals surface area (Å²) in [6.07, 6.45) is 2.86. The van der Waals surface area contributed by atoms with Crippen LogP contribution in [0.25, 0.3) is 5.65 Å². The molecule has 2 aromatic heterocycles. The first-order valence-electron chi connectivity index (χ1n) is 7.78.